The smallest absolute Gasteiger partial charge is 0.256 e. The summed E-state index contributed by atoms with van der Waals surface area (Å²) in [5.41, 5.74) is 0.547. The van der Waals surface area contributed by atoms with Crippen LogP contribution in [0.4, 0.5) is 8.78 Å². The Morgan fingerprint density at radius 1 is 1.36 bits per heavy atom. The van der Waals surface area contributed by atoms with Crippen LogP contribution in [0.25, 0.3) is 0 Å². The summed E-state index contributed by atoms with van der Waals surface area (Å²) >= 11 is 1.50. The van der Waals surface area contributed by atoms with Crippen LogP contribution < -0.4 is 5.32 Å². The molecule has 2 aromatic rings. The highest BCUT2D eigenvalue weighted by molar-refractivity contribution is 7.09. The summed E-state index contributed by atoms with van der Waals surface area (Å²) < 4.78 is 27.4. The van der Waals surface area contributed by atoms with Crippen molar-refractivity contribution in [1.82, 2.24) is 15.2 Å². The van der Waals surface area contributed by atoms with Crippen LogP contribution in [0.15, 0.2) is 23.6 Å². The fourth-order valence-corrected chi connectivity index (χ4v) is 4.12. The van der Waals surface area contributed by atoms with E-state index in [1.165, 1.54) is 11.3 Å². The molecule has 0 unspecified atom stereocenters. The molecule has 150 valence electrons. The highest BCUT2D eigenvalue weighted by Crippen LogP contribution is 2.30. The SMILES string of the molecule is CC(C)C(=O)NCc1csc([C@@H]2CCCN(C(=O)c3cc(F)ccc3F)C2)n1. The Balaban J connectivity index is 1.66. The summed E-state index contributed by atoms with van der Waals surface area (Å²) in [5, 5.41) is 5.64. The fourth-order valence-electron chi connectivity index (χ4n) is 3.17. The highest BCUT2D eigenvalue weighted by atomic mass is 32.1. The van der Waals surface area contributed by atoms with Crippen LogP contribution in [0.5, 0.6) is 0 Å². The molecule has 1 aliphatic rings. The van der Waals surface area contributed by atoms with E-state index in [4.69, 9.17) is 0 Å². The number of rotatable bonds is 5. The zero-order valence-electron chi connectivity index (χ0n) is 15.9. The molecule has 2 amide bonds. The average molecular weight is 407 g/mol. The van der Waals surface area contributed by atoms with E-state index in [1.807, 2.05) is 19.2 Å². The van der Waals surface area contributed by atoms with Gasteiger partial charge < -0.3 is 10.2 Å². The van der Waals surface area contributed by atoms with Crippen LogP contribution in [0.2, 0.25) is 0 Å². The molecule has 1 saturated heterocycles. The summed E-state index contributed by atoms with van der Waals surface area (Å²) in [6.45, 7) is 4.96. The molecule has 5 nitrogen and oxygen atoms in total. The number of aromatic nitrogens is 1. The lowest BCUT2D eigenvalue weighted by Crippen LogP contribution is -2.39. The Bertz CT molecular complexity index is 869. The van der Waals surface area contributed by atoms with E-state index in [2.05, 4.69) is 10.3 Å². The Morgan fingerprint density at radius 2 is 2.14 bits per heavy atom. The average Bonchev–Trinajstić information content (AvgIpc) is 3.16. The number of hydrogen-bond donors (Lipinski definition) is 1. The molecule has 0 radical (unpaired) electrons. The largest absolute Gasteiger partial charge is 0.350 e. The zero-order chi connectivity index (χ0) is 20.3. The number of nitrogens with zero attached hydrogens (tertiary/aromatic N) is 2. The molecule has 0 saturated carbocycles. The molecule has 28 heavy (non-hydrogen) atoms. The van der Waals surface area contributed by atoms with E-state index in [0.29, 0.717) is 19.6 Å². The molecule has 1 N–H and O–H groups in total. The van der Waals surface area contributed by atoms with Gasteiger partial charge in [0.25, 0.3) is 5.91 Å². The Hall–Kier alpha value is -2.35. The lowest BCUT2D eigenvalue weighted by atomic mass is 9.98. The van der Waals surface area contributed by atoms with Gasteiger partial charge in [-0.15, -0.1) is 11.3 Å². The molecule has 0 bridgehead atoms. The third-order valence-electron chi connectivity index (χ3n) is 4.75. The summed E-state index contributed by atoms with van der Waals surface area (Å²) in [6, 6.07) is 2.92. The number of benzene rings is 1. The maximum Gasteiger partial charge on any atom is 0.256 e. The fraction of sp³-hybridized carbons (Fsp3) is 0.450. The summed E-state index contributed by atoms with van der Waals surface area (Å²) in [6.07, 6.45) is 1.65. The summed E-state index contributed by atoms with van der Waals surface area (Å²) in [7, 11) is 0. The molecule has 8 heteroatoms. The minimum atomic E-state index is -0.717. The molecule has 1 aliphatic heterocycles. The molecule has 0 spiro atoms. The van der Waals surface area contributed by atoms with Gasteiger partial charge >= 0.3 is 0 Å². The van der Waals surface area contributed by atoms with Gasteiger partial charge in [0.1, 0.15) is 11.6 Å². The van der Waals surface area contributed by atoms with Gasteiger partial charge in [0.15, 0.2) is 0 Å². The van der Waals surface area contributed by atoms with Crippen molar-refractivity contribution in [3.8, 4) is 0 Å². The molecule has 2 heterocycles. The van der Waals surface area contributed by atoms with Crippen molar-refractivity contribution in [2.24, 2.45) is 5.92 Å². The number of likely N-dealkylation sites (tertiary alicyclic amines) is 1. The van der Waals surface area contributed by atoms with Gasteiger partial charge in [0, 0.05) is 30.3 Å². The van der Waals surface area contributed by atoms with Crippen molar-refractivity contribution in [3.63, 3.8) is 0 Å². The van der Waals surface area contributed by atoms with Crippen LogP contribution >= 0.6 is 11.3 Å². The van der Waals surface area contributed by atoms with Crippen LogP contribution in [0.1, 0.15) is 53.7 Å². The Morgan fingerprint density at radius 3 is 2.89 bits per heavy atom. The first kappa shape index (κ1) is 20.4. The van der Waals surface area contributed by atoms with Crippen LogP contribution in [0, 0.1) is 17.6 Å². The van der Waals surface area contributed by atoms with Gasteiger partial charge in [-0.2, -0.15) is 0 Å². The van der Waals surface area contributed by atoms with E-state index in [-0.39, 0.29) is 23.3 Å². The molecule has 0 aliphatic carbocycles. The molecule has 1 aromatic heterocycles. The standard InChI is InChI=1S/C20H23F2N3O2S/c1-12(2)18(26)23-9-15-11-28-19(24-15)13-4-3-7-25(10-13)20(27)16-8-14(21)5-6-17(16)22/h5-6,8,11-13H,3-4,7,9-10H2,1-2H3,(H,23,26)/t13-/m1/s1. The third-order valence-corrected chi connectivity index (χ3v) is 5.81. The molecule has 1 atom stereocenters. The Labute approximate surface area is 166 Å². The maximum absolute atomic E-state index is 13.9. The second-order valence-electron chi connectivity index (χ2n) is 7.26. The summed E-state index contributed by atoms with van der Waals surface area (Å²) in [5.74, 6) is -1.91. The van der Waals surface area contributed by atoms with Gasteiger partial charge in [0.05, 0.1) is 22.8 Å². The van der Waals surface area contributed by atoms with Crippen LogP contribution in [-0.2, 0) is 11.3 Å². The van der Waals surface area contributed by atoms with Gasteiger partial charge in [-0.05, 0) is 31.0 Å². The van der Waals surface area contributed by atoms with Crippen molar-refractivity contribution in [2.45, 2.75) is 39.2 Å². The van der Waals surface area contributed by atoms with Crippen molar-refractivity contribution in [2.75, 3.05) is 13.1 Å². The maximum atomic E-state index is 13.9. The third kappa shape index (κ3) is 4.73. The first-order valence-electron chi connectivity index (χ1n) is 9.31. The van der Waals surface area contributed by atoms with Crippen molar-refractivity contribution in [1.29, 1.82) is 0 Å². The van der Waals surface area contributed by atoms with E-state index in [9.17, 15) is 18.4 Å². The number of piperidine rings is 1. The van der Waals surface area contributed by atoms with Crippen molar-refractivity contribution in [3.05, 3.63) is 51.5 Å². The first-order valence-corrected chi connectivity index (χ1v) is 10.2. The molecular weight excluding hydrogens is 384 g/mol. The molecular formula is C20H23F2N3O2S. The second-order valence-corrected chi connectivity index (χ2v) is 8.15. The number of amides is 2. The van der Waals surface area contributed by atoms with Gasteiger partial charge in [-0.3, -0.25) is 9.59 Å². The number of thiazole rings is 1. The first-order chi connectivity index (χ1) is 13.3. The zero-order valence-corrected chi connectivity index (χ0v) is 16.7. The minimum Gasteiger partial charge on any atom is -0.350 e. The number of carbonyl (C=O) groups is 2. The quantitative estimate of drug-likeness (QED) is 0.822. The van der Waals surface area contributed by atoms with Gasteiger partial charge in [0.2, 0.25) is 5.91 Å². The molecule has 1 fully saturated rings. The van der Waals surface area contributed by atoms with E-state index in [0.717, 1.165) is 41.7 Å². The Kier molecular flexibility index (Phi) is 6.39. The molecule has 1 aromatic carbocycles. The number of nitrogens with one attached hydrogen (secondary N) is 1. The lowest BCUT2D eigenvalue weighted by Gasteiger charge is -2.32. The normalized spacial score (nSPS) is 17.0. The minimum absolute atomic E-state index is 0.0268. The van der Waals surface area contributed by atoms with Gasteiger partial charge in [-0.1, -0.05) is 13.8 Å². The van der Waals surface area contributed by atoms with E-state index in [1.54, 1.807) is 4.90 Å². The lowest BCUT2D eigenvalue weighted by molar-refractivity contribution is -0.124. The van der Waals surface area contributed by atoms with Crippen molar-refractivity contribution < 1.29 is 18.4 Å². The predicted molar refractivity (Wildman–Crippen MR) is 103 cm³/mol. The summed E-state index contributed by atoms with van der Waals surface area (Å²) in [4.78, 5) is 30.5. The predicted octanol–water partition coefficient (Wildman–Crippen LogP) is 3.71. The highest BCUT2D eigenvalue weighted by Gasteiger charge is 2.28. The van der Waals surface area contributed by atoms with E-state index < -0.39 is 17.5 Å². The molecule has 3 rings (SSSR count). The number of halogens is 2. The van der Waals surface area contributed by atoms with Gasteiger partial charge in [-0.25, -0.2) is 13.8 Å². The number of carbonyl (C=O) groups excluding carboxylic acids is 2. The van der Waals surface area contributed by atoms with Crippen LogP contribution in [0.3, 0.4) is 0 Å². The topological polar surface area (TPSA) is 62.3 Å². The van der Waals surface area contributed by atoms with Crippen LogP contribution in [-0.4, -0.2) is 34.8 Å². The van der Waals surface area contributed by atoms with E-state index >= 15 is 0 Å². The monoisotopic (exact) mass is 407 g/mol. The van der Waals surface area contributed by atoms with Crippen molar-refractivity contribution >= 4 is 23.2 Å². The number of hydrogen-bond acceptors (Lipinski definition) is 4. The second kappa shape index (κ2) is 8.77.